The lowest BCUT2D eigenvalue weighted by atomic mass is 10.1. The lowest BCUT2D eigenvalue weighted by Gasteiger charge is -2.08. The normalized spacial score (nSPS) is 10.6. The van der Waals surface area contributed by atoms with Crippen LogP contribution in [-0.2, 0) is 0 Å². The lowest BCUT2D eigenvalue weighted by molar-refractivity contribution is 0.104. The molecule has 0 atom stereocenters. The van der Waals surface area contributed by atoms with Crippen LogP contribution in [0.25, 0.3) is 0 Å². The van der Waals surface area contributed by atoms with Crippen molar-refractivity contribution < 1.29 is 14.3 Å². The van der Waals surface area contributed by atoms with E-state index in [9.17, 15) is 4.79 Å². The number of carbonyl (C=O) groups excluding carboxylic acids is 1. The molecule has 0 saturated carbocycles. The highest BCUT2D eigenvalue weighted by Crippen LogP contribution is 2.27. The Morgan fingerprint density at radius 1 is 1.09 bits per heavy atom. The van der Waals surface area contributed by atoms with E-state index < -0.39 is 0 Å². The van der Waals surface area contributed by atoms with E-state index in [0.717, 1.165) is 15.7 Å². The molecular formula is C18H18BrNO3. The molecular weight excluding hydrogens is 358 g/mol. The second kappa shape index (κ2) is 7.83. The van der Waals surface area contributed by atoms with E-state index in [1.54, 1.807) is 38.6 Å². The molecule has 5 heteroatoms. The minimum atomic E-state index is -0.118. The summed E-state index contributed by atoms with van der Waals surface area (Å²) in [5.74, 6) is 1.01. The summed E-state index contributed by atoms with van der Waals surface area (Å²) in [6.45, 7) is 2.01. The number of benzene rings is 2. The maximum atomic E-state index is 12.2. The molecule has 0 spiro atoms. The second-order valence-corrected chi connectivity index (χ2v) is 5.73. The third-order valence-electron chi connectivity index (χ3n) is 3.31. The molecule has 0 fully saturated rings. The van der Waals surface area contributed by atoms with E-state index >= 15 is 0 Å². The van der Waals surface area contributed by atoms with Crippen LogP contribution in [0.3, 0.4) is 0 Å². The first kappa shape index (κ1) is 17.1. The number of ketones is 1. The van der Waals surface area contributed by atoms with Gasteiger partial charge in [0.2, 0.25) is 0 Å². The van der Waals surface area contributed by atoms with Crippen molar-refractivity contribution in [3.05, 3.63) is 64.3 Å². The van der Waals surface area contributed by atoms with Gasteiger partial charge in [-0.2, -0.15) is 0 Å². The number of anilines is 1. The Balaban J connectivity index is 2.07. The Labute approximate surface area is 144 Å². The van der Waals surface area contributed by atoms with Gasteiger partial charge in [0, 0.05) is 28.0 Å². The number of methoxy groups -OCH3 is 2. The predicted molar refractivity (Wildman–Crippen MR) is 95.5 cm³/mol. The number of nitrogens with one attached hydrogen (secondary N) is 1. The standard InChI is InChI=1S/C18H18BrNO3/c1-12-10-14(5-6-15(12)19)20-9-8-16(21)13-4-7-17(22-2)18(11-13)23-3/h4-11,20H,1-3H3/b9-8+. The minimum absolute atomic E-state index is 0.118. The fourth-order valence-corrected chi connectivity index (χ4v) is 2.28. The highest BCUT2D eigenvalue weighted by Gasteiger charge is 2.08. The summed E-state index contributed by atoms with van der Waals surface area (Å²) in [5, 5.41) is 3.09. The van der Waals surface area contributed by atoms with E-state index in [1.165, 1.54) is 6.08 Å². The zero-order valence-electron chi connectivity index (χ0n) is 13.2. The van der Waals surface area contributed by atoms with Crippen LogP contribution in [0.4, 0.5) is 5.69 Å². The minimum Gasteiger partial charge on any atom is -0.493 e. The Kier molecular flexibility index (Phi) is 5.82. The summed E-state index contributed by atoms with van der Waals surface area (Å²) in [4.78, 5) is 12.2. The maximum Gasteiger partial charge on any atom is 0.187 e. The number of ether oxygens (including phenoxy) is 2. The molecule has 0 aromatic heterocycles. The van der Waals surface area contributed by atoms with E-state index in [-0.39, 0.29) is 5.78 Å². The monoisotopic (exact) mass is 375 g/mol. The third-order valence-corrected chi connectivity index (χ3v) is 4.20. The Morgan fingerprint density at radius 3 is 2.48 bits per heavy atom. The molecule has 0 unspecified atom stereocenters. The van der Waals surface area contributed by atoms with Gasteiger partial charge in [0.15, 0.2) is 17.3 Å². The van der Waals surface area contributed by atoms with Gasteiger partial charge in [-0.05, 0) is 48.9 Å². The molecule has 2 aromatic carbocycles. The summed E-state index contributed by atoms with van der Waals surface area (Å²) in [6, 6.07) is 11.0. The molecule has 1 N–H and O–H groups in total. The molecule has 23 heavy (non-hydrogen) atoms. The van der Waals surface area contributed by atoms with Gasteiger partial charge in [-0.25, -0.2) is 0 Å². The molecule has 0 saturated heterocycles. The molecule has 0 aliphatic heterocycles. The summed E-state index contributed by atoms with van der Waals surface area (Å²) < 4.78 is 11.4. The summed E-state index contributed by atoms with van der Waals surface area (Å²) in [6.07, 6.45) is 3.11. The quantitative estimate of drug-likeness (QED) is 0.592. The van der Waals surface area contributed by atoms with Crippen LogP contribution < -0.4 is 14.8 Å². The van der Waals surface area contributed by atoms with Crippen molar-refractivity contribution >= 4 is 27.4 Å². The number of halogens is 1. The molecule has 0 aliphatic carbocycles. The predicted octanol–water partition coefficient (Wildman–Crippen LogP) is 4.58. The highest BCUT2D eigenvalue weighted by atomic mass is 79.9. The van der Waals surface area contributed by atoms with E-state index in [1.807, 2.05) is 25.1 Å². The van der Waals surface area contributed by atoms with E-state index in [0.29, 0.717) is 17.1 Å². The van der Waals surface area contributed by atoms with Crippen LogP contribution in [0.15, 0.2) is 53.1 Å². The molecule has 0 amide bonds. The first-order valence-corrected chi connectivity index (χ1v) is 7.80. The number of allylic oxidation sites excluding steroid dienone is 1. The van der Waals surface area contributed by atoms with Gasteiger partial charge in [-0.3, -0.25) is 4.79 Å². The molecule has 0 bridgehead atoms. The van der Waals surface area contributed by atoms with Gasteiger partial charge >= 0.3 is 0 Å². The van der Waals surface area contributed by atoms with Crippen LogP contribution in [-0.4, -0.2) is 20.0 Å². The van der Waals surface area contributed by atoms with Gasteiger partial charge in [0.05, 0.1) is 14.2 Å². The van der Waals surface area contributed by atoms with Gasteiger partial charge < -0.3 is 14.8 Å². The smallest absolute Gasteiger partial charge is 0.187 e. The molecule has 0 radical (unpaired) electrons. The van der Waals surface area contributed by atoms with Crippen LogP contribution >= 0.6 is 15.9 Å². The second-order valence-electron chi connectivity index (χ2n) is 4.88. The Hall–Kier alpha value is -2.27. The Bertz CT molecular complexity index is 741. The fourth-order valence-electron chi connectivity index (χ4n) is 2.03. The van der Waals surface area contributed by atoms with Crippen molar-refractivity contribution in [3.63, 3.8) is 0 Å². The largest absolute Gasteiger partial charge is 0.493 e. The molecule has 120 valence electrons. The highest BCUT2D eigenvalue weighted by molar-refractivity contribution is 9.10. The number of hydrogen-bond donors (Lipinski definition) is 1. The van der Waals surface area contributed by atoms with E-state index in [2.05, 4.69) is 21.2 Å². The molecule has 4 nitrogen and oxygen atoms in total. The van der Waals surface area contributed by atoms with Crippen molar-refractivity contribution in [1.29, 1.82) is 0 Å². The SMILES string of the molecule is COc1ccc(C(=O)/C=C/Nc2ccc(Br)c(C)c2)cc1OC. The fraction of sp³-hybridized carbons (Fsp3) is 0.167. The first-order valence-electron chi connectivity index (χ1n) is 7.00. The van der Waals surface area contributed by atoms with Gasteiger partial charge in [0.1, 0.15) is 0 Å². The van der Waals surface area contributed by atoms with Crippen LogP contribution in [0, 0.1) is 6.92 Å². The van der Waals surface area contributed by atoms with Gasteiger partial charge in [-0.1, -0.05) is 15.9 Å². The number of aryl methyl sites for hydroxylation is 1. The van der Waals surface area contributed by atoms with Crippen molar-refractivity contribution in [1.82, 2.24) is 0 Å². The van der Waals surface area contributed by atoms with Gasteiger partial charge in [0.25, 0.3) is 0 Å². The van der Waals surface area contributed by atoms with Crippen molar-refractivity contribution in [2.24, 2.45) is 0 Å². The first-order chi connectivity index (χ1) is 11.0. The third kappa shape index (κ3) is 4.36. The van der Waals surface area contributed by atoms with Crippen LogP contribution in [0.5, 0.6) is 11.5 Å². The number of carbonyl (C=O) groups is 1. The summed E-state index contributed by atoms with van der Waals surface area (Å²) in [7, 11) is 3.10. The van der Waals surface area contributed by atoms with Crippen molar-refractivity contribution in [2.75, 3.05) is 19.5 Å². The van der Waals surface area contributed by atoms with Crippen LogP contribution in [0.2, 0.25) is 0 Å². The average molecular weight is 376 g/mol. The Morgan fingerprint density at radius 2 is 1.83 bits per heavy atom. The molecule has 2 aromatic rings. The zero-order chi connectivity index (χ0) is 16.8. The molecule has 0 heterocycles. The summed E-state index contributed by atoms with van der Waals surface area (Å²) in [5.41, 5.74) is 2.57. The molecule has 2 rings (SSSR count). The average Bonchev–Trinajstić information content (AvgIpc) is 2.57. The topological polar surface area (TPSA) is 47.6 Å². The maximum absolute atomic E-state index is 12.2. The van der Waals surface area contributed by atoms with Gasteiger partial charge in [-0.15, -0.1) is 0 Å². The lowest BCUT2D eigenvalue weighted by Crippen LogP contribution is -1.98. The number of rotatable bonds is 6. The van der Waals surface area contributed by atoms with Crippen molar-refractivity contribution in [3.8, 4) is 11.5 Å². The van der Waals surface area contributed by atoms with Crippen molar-refractivity contribution in [2.45, 2.75) is 6.92 Å². The molecule has 0 aliphatic rings. The van der Waals surface area contributed by atoms with Crippen LogP contribution in [0.1, 0.15) is 15.9 Å². The number of hydrogen-bond acceptors (Lipinski definition) is 4. The van der Waals surface area contributed by atoms with E-state index in [4.69, 9.17) is 9.47 Å². The summed E-state index contributed by atoms with van der Waals surface area (Å²) >= 11 is 3.45. The zero-order valence-corrected chi connectivity index (χ0v) is 14.8.